The Morgan fingerprint density at radius 3 is 2.31 bits per heavy atom. The normalized spacial score (nSPS) is 21.5. The number of allylic oxidation sites excluding steroid dienone is 3. The molecule has 0 aliphatic carbocycles. The number of rotatable bonds is 2. The standard InChI is InChI=1S/C11H20N2/c1-4-5-11(2)10-13-8-6-12(3)7-9-13/h4-5,10H,6-9H2,1-3H3/b5-4+,11-10-. The van der Waals surface area contributed by atoms with Gasteiger partial charge in [-0.15, -0.1) is 0 Å². The molecule has 1 fully saturated rings. The van der Waals surface area contributed by atoms with Crippen LogP contribution >= 0.6 is 0 Å². The first kappa shape index (κ1) is 10.3. The predicted molar refractivity (Wildman–Crippen MR) is 57.6 cm³/mol. The summed E-state index contributed by atoms with van der Waals surface area (Å²) >= 11 is 0. The van der Waals surface area contributed by atoms with E-state index in [1.165, 1.54) is 18.7 Å². The van der Waals surface area contributed by atoms with Crippen LogP contribution in [0.5, 0.6) is 0 Å². The van der Waals surface area contributed by atoms with Gasteiger partial charge >= 0.3 is 0 Å². The van der Waals surface area contributed by atoms with Gasteiger partial charge in [-0.1, -0.05) is 12.2 Å². The maximum Gasteiger partial charge on any atom is 0.0300 e. The van der Waals surface area contributed by atoms with E-state index in [1.54, 1.807) is 0 Å². The van der Waals surface area contributed by atoms with Crippen molar-refractivity contribution in [1.82, 2.24) is 9.80 Å². The Bertz CT molecular complexity index is 198. The van der Waals surface area contributed by atoms with Crippen LogP contribution in [0.2, 0.25) is 0 Å². The molecule has 74 valence electrons. The molecule has 0 amide bonds. The van der Waals surface area contributed by atoms with E-state index < -0.39 is 0 Å². The molecule has 13 heavy (non-hydrogen) atoms. The van der Waals surface area contributed by atoms with E-state index in [0.717, 1.165) is 13.1 Å². The summed E-state index contributed by atoms with van der Waals surface area (Å²) in [5.74, 6) is 0. The lowest BCUT2D eigenvalue weighted by atomic mass is 10.2. The van der Waals surface area contributed by atoms with Gasteiger partial charge in [0.05, 0.1) is 0 Å². The van der Waals surface area contributed by atoms with E-state index in [-0.39, 0.29) is 0 Å². The number of nitrogens with zero attached hydrogens (tertiary/aromatic N) is 2. The molecule has 0 aromatic rings. The third-order valence-corrected chi connectivity index (χ3v) is 2.35. The Kier molecular flexibility index (Phi) is 4.03. The largest absolute Gasteiger partial charge is 0.375 e. The Hall–Kier alpha value is -0.760. The summed E-state index contributed by atoms with van der Waals surface area (Å²) < 4.78 is 0. The van der Waals surface area contributed by atoms with Crippen molar-refractivity contribution in [2.75, 3.05) is 33.2 Å². The Morgan fingerprint density at radius 2 is 1.77 bits per heavy atom. The monoisotopic (exact) mass is 180 g/mol. The number of piperazine rings is 1. The van der Waals surface area contributed by atoms with Crippen LogP contribution in [-0.4, -0.2) is 43.0 Å². The van der Waals surface area contributed by atoms with Gasteiger partial charge in [0, 0.05) is 32.4 Å². The fourth-order valence-corrected chi connectivity index (χ4v) is 1.54. The van der Waals surface area contributed by atoms with Crippen molar-refractivity contribution in [2.24, 2.45) is 0 Å². The van der Waals surface area contributed by atoms with Crippen molar-refractivity contribution in [2.45, 2.75) is 13.8 Å². The van der Waals surface area contributed by atoms with Gasteiger partial charge < -0.3 is 9.80 Å². The first-order valence-electron chi connectivity index (χ1n) is 4.96. The fraction of sp³-hybridized carbons (Fsp3) is 0.636. The summed E-state index contributed by atoms with van der Waals surface area (Å²) in [5.41, 5.74) is 1.34. The molecule has 1 rings (SSSR count). The van der Waals surface area contributed by atoms with Crippen LogP contribution in [0.15, 0.2) is 23.9 Å². The van der Waals surface area contributed by atoms with Gasteiger partial charge in [0.1, 0.15) is 0 Å². The summed E-state index contributed by atoms with van der Waals surface area (Å²) in [7, 11) is 2.18. The maximum atomic E-state index is 2.40. The van der Waals surface area contributed by atoms with E-state index in [9.17, 15) is 0 Å². The molecule has 0 radical (unpaired) electrons. The molecule has 0 unspecified atom stereocenters. The third-order valence-electron chi connectivity index (χ3n) is 2.35. The maximum absolute atomic E-state index is 2.40. The minimum absolute atomic E-state index is 1.16. The van der Waals surface area contributed by atoms with Crippen LogP contribution in [0, 0.1) is 0 Å². The lowest BCUT2D eigenvalue weighted by Crippen LogP contribution is -2.41. The zero-order valence-corrected chi connectivity index (χ0v) is 8.95. The van der Waals surface area contributed by atoms with E-state index in [2.05, 4.69) is 49.0 Å². The average Bonchev–Trinajstić information content (AvgIpc) is 2.09. The topological polar surface area (TPSA) is 6.48 Å². The molecule has 1 heterocycles. The molecule has 2 nitrogen and oxygen atoms in total. The Labute approximate surface area is 81.5 Å². The van der Waals surface area contributed by atoms with Gasteiger partial charge in [-0.3, -0.25) is 0 Å². The lowest BCUT2D eigenvalue weighted by molar-refractivity contribution is 0.198. The van der Waals surface area contributed by atoms with Crippen molar-refractivity contribution in [3.05, 3.63) is 23.9 Å². The molecule has 0 saturated carbocycles. The van der Waals surface area contributed by atoms with Crippen molar-refractivity contribution >= 4 is 0 Å². The Morgan fingerprint density at radius 1 is 1.15 bits per heavy atom. The average molecular weight is 180 g/mol. The van der Waals surface area contributed by atoms with Gasteiger partial charge in [-0.25, -0.2) is 0 Å². The van der Waals surface area contributed by atoms with E-state index >= 15 is 0 Å². The van der Waals surface area contributed by atoms with Gasteiger partial charge in [-0.05, 0) is 26.5 Å². The van der Waals surface area contributed by atoms with Crippen molar-refractivity contribution in [3.63, 3.8) is 0 Å². The molecule has 0 spiro atoms. The van der Waals surface area contributed by atoms with Gasteiger partial charge in [-0.2, -0.15) is 0 Å². The van der Waals surface area contributed by atoms with Crippen molar-refractivity contribution in [1.29, 1.82) is 0 Å². The highest BCUT2D eigenvalue weighted by molar-refractivity contribution is 5.14. The highest BCUT2D eigenvalue weighted by atomic mass is 15.2. The second-order valence-corrected chi connectivity index (χ2v) is 3.71. The number of likely N-dealkylation sites (N-methyl/N-ethyl adjacent to an activating group) is 1. The molecule has 0 aromatic carbocycles. The van der Waals surface area contributed by atoms with E-state index in [4.69, 9.17) is 0 Å². The molecule has 1 aliphatic rings. The third kappa shape index (κ3) is 3.64. The summed E-state index contributed by atoms with van der Waals surface area (Å²) in [5, 5.41) is 0. The van der Waals surface area contributed by atoms with Gasteiger partial charge in [0.25, 0.3) is 0 Å². The van der Waals surface area contributed by atoms with Crippen LogP contribution in [0.3, 0.4) is 0 Å². The lowest BCUT2D eigenvalue weighted by Gasteiger charge is -2.31. The van der Waals surface area contributed by atoms with Gasteiger partial charge in [0.2, 0.25) is 0 Å². The molecule has 1 saturated heterocycles. The minimum Gasteiger partial charge on any atom is -0.375 e. The Balaban J connectivity index is 2.41. The summed E-state index contributed by atoms with van der Waals surface area (Å²) in [6, 6.07) is 0. The summed E-state index contributed by atoms with van der Waals surface area (Å²) in [6.45, 7) is 8.88. The second-order valence-electron chi connectivity index (χ2n) is 3.71. The van der Waals surface area contributed by atoms with Crippen molar-refractivity contribution in [3.8, 4) is 0 Å². The molecule has 2 heteroatoms. The summed E-state index contributed by atoms with van der Waals surface area (Å²) in [4.78, 5) is 4.77. The molecular weight excluding hydrogens is 160 g/mol. The molecule has 0 aromatic heterocycles. The van der Waals surface area contributed by atoms with Crippen LogP contribution in [0.1, 0.15) is 13.8 Å². The smallest absolute Gasteiger partial charge is 0.0300 e. The molecular formula is C11H20N2. The van der Waals surface area contributed by atoms with Crippen LogP contribution < -0.4 is 0 Å². The highest BCUT2D eigenvalue weighted by Crippen LogP contribution is 2.03. The van der Waals surface area contributed by atoms with Crippen molar-refractivity contribution < 1.29 is 0 Å². The summed E-state index contributed by atoms with van der Waals surface area (Å²) in [6.07, 6.45) is 6.49. The van der Waals surface area contributed by atoms with Crippen LogP contribution in [0.25, 0.3) is 0 Å². The SMILES string of the molecule is C/C=C/C(C)=C\N1CCN(C)CC1. The zero-order chi connectivity index (χ0) is 9.68. The first-order valence-corrected chi connectivity index (χ1v) is 4.96. The zero-order valence-electron chi connectivity index (χ0n) is 8.95. The predicted octanol–water partition coefficient (Wildman–Crippen LogP) is 1.71. The molecule has 1 aliphatic heterocycles. The highest BCUT2D eigenvalue weighted by Gasteiger charge is 2.09. The van der Waals surface area contributed by atoms with E-state index in [1.807, 2.05) is 0 Å². The molecule has 0 N–H and O–H groups in total. The van der Waals surface area contributed by atoms with E-state index in [0.29, 0.717) is 0 Å². The second kappa shape index (κ2) is 5.07. The van der Waals surface area contributed by atoms with Gasteiger partial charge in [0.15, 0.2) is 0 Å². The number of hydrogen-bond donors (Lipinski definition) is 0. The molecule has 0 bridgehead atoms. The van der Waals surface area contributed by atoms with Crippen LogP contribution in [0.4, 0.5) is 0 Å². The first-order chi connectivity index (χ1) is 6.22. The van der Waals surface area contributed by atoms with Crippen LogP contribution in [-0.2, 0) is 0 Å². The minimum atomic E-state index is 1.16. The number of hydrogen-bond acceptors (Lipinski definition) is 2. The molecule has 0 atom stereocenters. The quantitative estimate of drug-likeness (QED) is 0.597. The fourth-order valence-electron chi connectivity index (χ4n) is 1.54.